The minimum atomic E-state index is -1.03. The molecule has 1 aliphatic heterocycles. The van der Waals surface area contributed by atoms with Crippen molar-refractivity contribution in [2.24, 2.45) is 0 Å². The van der Waals surface area contributed by atoms with Crippen LogP contribution in [0.15, 0.2) is 0 Å². The van der Waals surface area contributed by atoms with Gasteiger partial charge in [0.05, 0.1) is 13.7 Å². The van der Waals surface area contributed by atoms with Crippen LogP contribution in [0.2, 0.25) is 0 Å². The molecule has 0 unspecified atom stereocenters. The smallest absolute Gasteiger partial charge is 0.409 e. The van der Waals surface area contributed by atoms with Crippen LogP contribution in [0, 0.1) is 0 Å². The first kappa shape index (κ1) is 15.3. The second-order valence-corrected chi connectivity index (χ2v) is 4.58. The van der Waals surface area contributed by atoms with Gasteiger partial charge < -0.3 is 19.7 Å². The van der Waals surface area contributed by atoms with Gasteiger partial charge in [-0.1, -0.05) is 6.92 Å². The van der Waals surface area contributed by atoms with E-state index < -0.39 is 17.6 Å². The van der Waals surface area contributed by atoms with Gasteiger partial charge >= 0.3 is 12.1 Å². The summed E-state index contributed by atoms with van der Waals surface area (Å²) >= 11 is 0. The lowest BCUT2D eigenvalue weighted by molar-refractivity contribution is -0.150. The van der Waals surface area contributed by atoms with Gasteiger partial charge in [0.2, 0.25) is 5.91 Å². The molecule has 0 saturated carbocycles. The summed E-state index contributed by atoms with van der Waals surface area (Å²) in [7, 11) is 1.28. The summed E-state index contributed by atoms with van der Waals surface area (Å²) in [6, 6.07) is 0. The quantitative estimate of drug-likeness (QED) is 0.702. The van der Waals surface area contributed by atoms with E-state index in [9.17, 15) is 14.4 Å². The molecule has 19 heavy (non-hydrogen) atoms. The largest absolute Gasteiger partial charge is 0.467 e. The number of carbonyl (C=O) groups is 3. The zero-order valence-corrected chi connectivity index (χ0v) is 11.5. The summed E-state index contributed by atoms with van der Waals surface area (Å²) in [6.07, 6.45) is 0.151. The average Bonchev–Trinajstić information content (AvgIpc) is 2.80. The van der Waals surface area contributed by atoms with E-state index in [1.165, 1.54) is 12.0 Å². The van der Waals surface area contributed by atoms with Gasteiger partial charge in [-0.2, -0.15) is 0 Å². The molecule has 7 nitrogen and oxygen atoms in total. The van der Waals surface area contributed by atoms with E-state index in [2.05, 4.69) is 10.1 Å². The molecule has 108 valence electrons. The Bertz CT molecular complexity index is 371. The van der Waals surface area contributed by atoms with Gasteiger partial charge in [-0.15, -0.1) is 0 Å². The lowest BCUT2D eigenvalue weighted by Crippen LogP contribution is -2.52. The Morgan fingerprint density at radius 3 is 2.68 bits per heavy atom. The van der Waals surface area contributed by atoms with Gasteiger partial charge in [-0.25, -0.2) is 9.59 Å². The number of ether oxygens (including phenoxy) is 2. The SMILES string of the molecule is CC[C@@](C)(NC(=O)CCN1CCOC1=O)C(=O)OC. The molecule has 1 rings (SSSR count). The standard InChI is InChI=1S/C12H20N2O5/c1-4-12(2,10(16)18-3)13-9(15)5-6-14-7-8-19-11(14)17/h4-8H2,1-3H3,(H,13,15)/t12-/m1/s1. The zero-order valence-electron chi connectivity index (χ0n) is 11.5. The van der Waals surface area contributed by atoms with Crippen molar-refractivity contribution >= 4 is 18.0 Å². The monoisotopic (exact) mass is 272 g/mol. The van der Waals surface area contributed by atoms with E-state index in [0.717, 1.165) is 0 Å². The maximum atomic E-state index is 11.8. The first-order chi connectivity index (χ1) is 8.92. The molecular formula is C12H20N2O5. The highest BCUT2D eigenvalue weighted by Crippen LogP contribution is 2.12. The Balaban J connectivity index is 2.45. The van der Waals surface area contributed by atoms with Crippen molar-refractivity contribution in [3.63, 3.8) is 0 Å². The fraction of sp³-hybridized carbons (Fsp3) is 0.750. The van der Waals surface area contributed by atoms with Gasteiger partial charge in [0.1, 0.15) is 12.1 Å². The van der Waals surface area contributed by atoms with Crippen molar-refractivity contribution in [3.05, 3.63) is 0 Å². The maximum absolute atomic E-state index is 11.8. The highest BCUT2D eigenvalue weighted by Gasteiger charge is 2.34. The first-order valence-electron chi connectivity index (χ1n) is 6.24. The zero-order chi connectivity index (χ0) is 14.5. The van der Waals surface area contributed by atoms with Crippen LogP contribution in [-0.4, -0.2) is 55.2 Å². The van der Waals surface area contributed by atoms with Gasteiger partial charge in [0.25, 0.3) is 0 Å². The van der Waals surface area contributed by atoms with E-state index in [0.29, 0.717) is 19.6 Å². The van der Waals surface area contributed by atoms with Crippen molar-refractivity contribution in [2.75, 3.05) is 26.8 Å². The summed E-state index contributed by atoms with van der Waals surface area (Å²) in [5.74, 6) is -0.779. The third-order valence-corrected chi connectivity index (χ3v) is 3.21. The van der Waals surface area contributed by atoms with E-state index in [-0.39, 0.29) is 18.9 Å². The van der Waals surface area contributed by atoms with Crippen LogP contribution < -0.4 is 5.32 Å². The minimum Gasteiger partial charge on any atom is -0.467 e. The van der Waals surface area contributed by atoms with Crippen LogP contribution in [0.25, 0.3) is 0 Å². The molecule has 1 heterocycles. The van der Waals surface area contributed by atoms with Crippen molar-refractivity contribution in [3.8, 4) is 0 Å². The third-order valence-electron chi connectivity index (χ3n) is 3.21. The number of rotatable bonds is 6. The molecule has 0 aliphatic carbocycles. The van der Waals surface area contributed by atoms with Crippen LogP contribution in [0.1, 0.15) is 26.7 Å². The summed E-state index contributed by atoms with van der Waals surface area (Å²) in [4.78, 5) is 36.0. The fourth-order valence-corrected chi connectivity index (χ4v) is 1.74. The predicted molar refractivity (Wildman–Crippen MR) is 66.4 cm³/mol. The van der Waals surface area contributed by atoms with Crippen LogP contribution in [0.3, 0.4) is 0 Å². The number of hydrogen-bond donors (Lipinski definition) is 1. The van der Waals surface area contributed by atoms with Gasteiger partial charge in [0, 0.05) is 13.0 Å². The molecule has 0 radical (unpaired) electrons. The van der Waals surface area contributed by atoms with Gasteiger partial charge in [-0.05, 0) is 13.3 Å². The molecule has 0 aromatic carbocycles. The second kappa shape index (κ2) is 6.40. The minimum absolute atomic E-state index is 0.127. The Morgan fingerprint density at radius 1 is 1.53 bits per heavy atom. The molecule has 1 saturated heterocycles. The molecule has 1 atom stereocenters. The number of amides is 2. The van der Waals surface area contributed by atoms with Crippen LogP contribution >= 0.6 is 0 Å². The fourth-order valence-electron chi connectivity index (χ4n) is 1.74. The molecule has 1 fully saturated rings. The number of hydrogen-bond acceptors (Lipinski definition) is 5. The number of carbonyl (C=O) groups excluding carboxylic acids is 3. The number of cyclic esters (lactones) is 1. The molecular weight excluding hydrogens is 252 g/mol. The average molecular weight is 272 g/mol. The van der Waals surface area contributed by atoms with Crippen molar-refractivity contribution in [1.29, 1.82) is 0 Å². The number of methoxy groups -OCH3 is 1. The Morgan fingerprint density at radius 2 is 2.21 bits per heavy atom. The topological polar surface area (TPSA) is 84.9 Å². The Kier molecular flexibility index (Phi) is 5.14. The third kappa shape index (κ3) is 3.84. The van der Waals surface area contributed by atoms with Crippen LogP contribution in [-0.2, 0) is 19.1 Å². The predicted octanol–water partition coefficient (Wildman–Crippen LogP) is 0.287. The number of nitrogens with zero attached hydrogens (tertiary/aromatic N) is 1. The summed E-state index contributed by atoms with van der Waals surface area (Å²) in [6.45, 7) is 4.53. The van der Waals surface area contributed by atoms with E-state index in [1.54, 1.807) is 13.8 Å². The highest BCUT2D eigenvalue weighted by atomic mass is 16.6. The lowest BCUT2D eigenvalue weighted by atomic mass is 9.99. The number of esters is 1. The second-order valence-electron chi connectivity index (χ2n) is 4.58. The Labute approximate surface area is 112 Å². The molecule has 7 heteroatoms. The van der Waals surface area contributed by atoms with E-state index in [4.69, 9.17) is 4.74 Å². The molecule has 0 aromatic heterocycles. The van der Waals surface area contributed by atoms with Crippen LogP contribution in [0.5, 0.6) is 0 Å². The van der Waals surface area contributed by atoms with Crippen molar-refractivity contribution in [1.82, 2.24) is 10.2 Å². The van der Waals surface area contributed by atoms with Crippen LogP contribution in [0.4, 0.5) is 4.79 Å². The lowest BCUT2D eigenvalue weighted by Gasteiger charge is -2.26. The number of nitrogens with one attached hydrogen (secondary N) is 1. The molecule has 0 bridgehead atoms. The highest BCUT2D eigenvalue weighted by molar-refractivity contribution is 5.87. The van der Waals surface area contributed by atoms with E-state index >= 15 is 0 Å². The molecule has 2 amide bonds. The summed E-state index contributed by atoms with van der Waals surface area (Å²) < 4.78 is 9.42. The summed E-state index contributed by atoms with van der Waals surface area (Å²) in [5.41, 5.74) is -1.03. The first-order valence-corrected chi connectivity index (χ1v) is 6.24. The molecule has 0 spiro atoms. The van der Waals surface area contributed by atoms with Gasteiger partial charge in [-0.3, -0.25) is 4.79 Å². The summed E-state index contributed by atoms with van der Waals surface area (Å²) in [5, 5.41) is 2.64. The van der Waals surface area contributed by atoms with Crippen molar-refractivity contribution < 1.29 is 23.9 Å². The molecule has 0 aromatic rings. The van der Waals surface area contributed by atoms with E-state index in [1.807, 2.05) is 0 Å². The molecule has 1 aliphatic rings. The maximum Gasteiger partial charge on any atom is 0.409 e. The Hall–Kier alpha value is -1.79. The normalized spacial score (nSPS) is 17.6. The molecule has 1 N–H and O–H groups in total. The van der Waals surface area contributed by atoms with Crippen molar-refractivity contribution in [2.45, 2.75) is 32.2 Å². The van der Waals surface area contributed by atoms with Gasteiger partial charge in [0.15, 0.2) is 0 Å².